The molecule has 0 spiro atoms. The molecule has 0 radical (unpaired) electrons. The largest absolute Gasteiger partial charge is 0.459 e. The highest BCUT2D eigenvalue weighted by Gasteiger charge is 2.36. The Kier molecular flexibility index (Phi) is 6.66. The number of aryl methyl sites for hydroxylation is 2. The first-order valence-corrected chi connectivity index (χ1v) is 13.5. The van der Waals surface area contributed by atoms with Gasteiger partial charge in [0.2, 0.25) is 15.9 Å². The molecule has 1 atom stereocenters. The van der Waals surface area contributed by atoms with Crippen LogP contribution in [0.3, 0.4) is 0 Å². The molecule has 1 N–H and O–H groups in total. The highest BCUT2D eigenvalue weighted by atomic mass is 32.2. The van der Waals surface area contributed by atoms with Gasteiger partial charge in [0.25, 0.3) is 0 Å². The maximum atomic E-state index is 13.2. The number of thiophene rings is 1. The third-order valence-corrected chi connectivity index (χ3v) is 9.44. The molecular weight excluding hydrogens is 464 g/mol. The number of aromatic nitrogens is 2. The van der Waals surface area contributed by atoms with Crippen LogP contribution < -0.4 is 5.32 Å². The fourth-order valence-corrected chi connectivity index (χ4v) is 7.43. The third-order valence-electron chi connectivity index (χ3n) is 6.27. The number of carbonyl (C=O) groups is 2. The molecule has 4 rings (SSSR count). The summed E-state index contributed by atoms with van der Waals surface area (Å²) in [6, 6.07) is 0. The van der Waals surface area contributed by atoms with Crippen LogP contribution in [0.25, 0.3) is 0 Å². The van der Waals surface area contributed by atoms with Crippen molar-refractivity contribution in [2.24, 2.45) is 13.0 Å². The van der Waals surface area contributed by atoms with Gasteiger partial charge in [0, 0.05) is 25.0 Å². The van der Waals surface area contributed by atoms with Crippen molar-refractivity contribution in [3.8, 4) is 0 Å². The molecule has 3 heterocycles. The van der Waals surface area contributed by atoms with Crippen molar-refractivity contribution in [1.29, 1.82) is 0 Å². The number of rotatable bonds is 6. The lowest BCUT2D eigenvalue weighted by Crippen LogP contribution is -2.43. The first kappa shape index (κ1) is 23.9. The van der Waals surface area contributed by atoms with Gasteiger partial charge in [-0.05, 0) is 58.4 Å². The molecule has 1 aliphatic heterocycles. The molecule has 1 fully saturated rings. The van der Waals surface area contributed by atoms with Gasteiger partial charge in [-0.1, -0.05) is 0 Å². The van der Waals surface area contributed by atoms with E-state index in [0.29, 0.717) is 35.6 Å². The van der Waals surface area contributed by atoms with E-state index < -0.39 is 21.9 Å². The van der Waals surface area contributed by atoms with Gasteiger partial charge in [-0.15, -0.1) is 11.3 Å². The summed E-state index contributed by atoms with van der Waals surface area (Å²) in [5.74, 6) is -1.19. The van der Waals surface area contributed by atoms with Crippen LogP contribution in [0.1, 0.15) is 59.6 Å². The second kappa shape index (κ2) is 9.19. The Hall–Kier alpha value is -2.24. The predicted molar refractivity (Wildman–Crippen MR) is 125 cm³/mol. The minimum atomic E-state index is -3.75. The number of amides is 1. The molecule has 11 heteroatoms. The number of hydrogen-bond acceptors (Lipinski definition) is 7. The zero-order chi connectivity index (χ0) is 23.9. The Morgan fingerprint density at radius 3 is 2.70 bits per heavy atom. The van der Waals surface area contributed by atoms with Crippen LogP contribution in [0.2, 0.25) is 0 Å². The van der Waals surface area contributed by atoms with Crippen molar-refractivity contribution in [3.05, 3.63) is 27.9 Å². The van der Waals surface area contributed by atoms with Gasteiger partial charge in [0.05, 0.1) is 29.5 Å². The van der Waals surface area contributed by atoms with Crippen molar-refractivity contribution in [2.45, 2.75) is 63.9 Å². The van der Waals surface area contributed by atoms with Gasteiger partial charge in [-0.25, -0.2) is 13.2 Å². The van der Waals surface area contributed by atoms with Crippen molar-refractivity contribution >= 4 is 38.2 Å². The van der Waals surface area contributed by atoms with E-state index in [1.807, 2.05) is 0 Å². The minimum Gasteiger partial charge on any atom is -0.459 e. The number of nitrogens with one attached hydrogen (secondary N) is 1. The number of sulfonamides is 1. The number of esters is 1. The molecule has 2 aliphatic rings. The van der Waals surface area contributed by atoms with E-state index in [-0.39, 0.29) is 23.5 Å². The van der Waals surface area contributed by atoms with Crippen molar-refractivity contribution in [3.63, 3.8) is 0 Å². The highest BCUT2D eigenvalue weighted by Crippen LogP contribution is 2.40. The molecule has 0 saturated carbocycles. The smallest absolute Gasteiger partial charge is 0.341 e. The number of nitrogens with zero attached hydrogens (tertiary/aromatic N) is 3. The Balaban J connectivity index is 1.53. The van der Waals surface area contributed by atoms with Crippen LogP contribution in [0, 0.1) is 12.8 Å². The van der Waals surface area contributed by atoms with E-state index in [1.54, 1.807) is 27.8 Å². The fraction of sp³-hybridized carbons (Fsp3) is 0.591. The van der Waals surface area contributed by atoms with Crippen LogP contribution in [0.5, 0.6) is 0 Å². The van der Waals surface area contributed by atoms with Gasteiger partial charge in [-0.3, -0.25) is 9.48 Å². The number of ether oxygens (including phenoxy) is 1. The van der Waals surface area contributed by atoms with E-state index in [0.717, 1.165) is 29.7 Å². The average Bonchev–Trinajstić information content (AvgIpc) is 3.42. The zero-order valence-corrected chi connectivity index (χ0v) is 21.0. The normalized spacial score (nSPS) is 19.0. The zero-order valence-electron chi connectivity index (χ0n) is 19.4. The summed E-state index contributed by atoms with van der Waals surface area (Å²) in [6.45, 7) is 5.76. The van der Waals surface area contributed by atoms with Crippen LogP contribution in [-0.2, 0) is 39.4 Å². The summed E-state index contributed by atoms with van der Waals surface area (Å²) in [5, 5.41) is 7.49. The second-order valence-corrected chi connectivity index (χ2v) is 11.9. The van der Waals surface area contributed by atoms with Crippen LogP contribution >= 0.6 is 11.3 Å². The van der Waals surface area contributed by atoms with Gasteiger partial charge >= 0.3 is 5.97 Å². The van der Waals surface area contributed by atoms with Gasteiger partial charge < -0.3 is 10.1 Å². The molecule has 0 bridgehead atoms. The van der Waals surface area contributed by atoms with Crippen molar-refractivity contribution in [1.82, 2.24) is 14.1 Å². The first-order chi connectivity index (χ1) is 15.6. The molecule has 1 amide bonds. The van der Waals surface area contributed by atoms with Crippen LogP contribution in [0.15, 0.2) is 11.1 Å². The van der Waals surface area contributed by atoms with E-state index in [2.05, 4.69) is 10.4 Å². The molecule has 1 aliphatic carbocycles. The highest BCUT2D eigenvalue weighted by molar-refractivity contribution is 7.89. The molecular formula is C22H30N4O5S2. The van der Waals surface area contributed by atoms with Gasteiger partial charge in [-0.2, -0.15) is 9.40 Å². The van der Waals surface area contributed by atoms with Crippen LogP contribution in [0.4, 0.5) is 5.00 Å². The number of anilines is 1. The third kappa shape index (κ3) is 4.58. The molecule has 180 valence electrons. The monoisotopic (exact) mass is 494 g/mol. The SMILES string of the molecule is Cc1c(S(=O)(=O)N2CCCC(C(=O)Nc3sc4c(c3C(=O)OC(C)C)CCC4)C2)cnn1C. The van der Waals surface area contributed by atoms with Crippen LogP contribution in [-0.4, -0.2) is 53.6 Å². The molecule has 2 aromatic rings. The predicted octanol–water partition coefficient (Wildman–Crippen LogP) is 2.88. The summed E-state index contributed by atoms with van der Waals surface area (Å²) in [4.78, 5) is 27.2. The molecule has 2 aromatic heterocycles. The molecule has 9 nitrogen and oxygen atoms in total. The lowest BCUT2D eigenvalue weighted by Gasteiger charge is -2.31. The number of piperidine rings is 1. The molecule has 0 aromatic carbocycles. The average molecular weight is 495 g/mol. The molecule has 1 unspecified atom stereocenters. The minimum absolute atomic E-state index is 0.0966. The van der Waals surface area contributed by atoms with Gasteiger partial charge in [0.15, 0.2) is 0 Å². The van der Waals surface area contributed by atoms with Crippen molar-refractivity contribution < 1.29 is 22.7 Å². The Morgan fingerprint density at radius 1 is 1.27 bits per heavy atom. The number of hydrogen-bond donors (Lipinski definition) is 1. The van der Waals surface area contributed by atoms with E-state index in [1.165, 1.54) is 26.5 Å². The Morgan fingerprint density at radius 2 is 2.03 bits per heavy atom. The number of carbonyl (C=O) groups excluding carboxylic acids is 2. The number of fused-ring (bicyclic) bond motifs is 1. The lowest BCUT2D eigenvalue weighted by atomic mass is 9.99. The maximum Gasteiger partial charge on any atom is 0.341 e. The Bertz CT molecular complexity index is 1180. The lowest BCUT2D eigenvalue weighted by molar-refractivity contribution is -0.120. The van der Waals surface area contributed by atoms with Gasteiger partial charge in [0.1, 0.15) is 9.90 Å². The van der Waals surface area contributed by atoms with E-state index in [9.17, 15) is 18.0 Å². The van der Waals surface area contributed by atoms with Crippen molar-refractivity contribution in [2.75, 3.05) is 18.4 Å². The summed E-state index contributed by atoms with van der Waals surface area (Å²) in [7, 11) is -2.05. The summed E-state index contributed by atoms with van der Waals surface area (Å²) in [5.41, 5.74) is 1.99. The summed E-state index contributed by atoms with van der Waals surface area (Å²) < 4.78 is 34.7. The maximum absolute atomic E-state index is 13.2. The van der Waals surface area contributed by atoms with E-state index >= 15 is 0 Å². The molecule has 1 saturated heterocycles. The standard InChI is InChI=1S/C22H30N4O5S2/c1-13(2)31-22(28)19-16-8-5-9-17(16)32-21(19)24-20(27)15-7-6-10-26(12-15)33(29,30)18-11-23-25(4)14(18)3/h11,13,15H,5-10,12H2,1-4H3,(H,24,27). The van der Waals surface area contributed by atoms with E-state index in [4.69, 9.17) is 4.74 Å². The quantitative estimate of drug-likeness (QED) is 0.618. The topological polar surface area (TPSA) is 111 Å². The second-order valence-electron chi connectivity index (χ2n) is 8.92. The Labute approximate surface area is 198 Å². The summed E-state index contributed by atoms with van der Waals surface area (Å²) in [6.07, 6.45) is 4.93. The summed E-state index contributed by atoms with van der Waals surface area (Å²) >= 11 is 1.43. The fourth-order valence-electron chi connectivity index (χ4n) is 4.44. The molecule has 33 heavy (non-hydrogen) atoms. The first-order valence-electron chi connectivity index (χ1n) is 11.2.